The van der Waals surface area contributed by atoms with E-state index in [1.165, 1.54) is 0 Å². The van der Waals surface area contributed by atoms with Gasteiger partial charge in [0, 0.05) is 23.9 Å². The number of carbonyl (C=O) groups is 1. The third-order valence-electron chi connectivity index (χ3n) is 4.85. The molecule has 0 fully saturated rings. The SMILES string of the molecule is CC(Oc1cccc(C(C)(C)C)c1)C(=O)Nc1cc(C(C)(C)C)nn1-c1ncccn1. The molecule has 1 aromatic carbocycles. The summed E-state index contributed by atoms with van der Waals surface area (Å²) in [6, 6.07) is 11.4. The zero-order chi connectivity index (χ0) is 22.8. The predicted molar refractivity (Wildman–Crippen MR) is 122 cm³/mol. The summed E-state index contributed by atoms with van der Waals surface area (Å²) in [6.45, 7) is 14.3. The first-order valence-corrected chi connectivity index (χ1v) is 10.4. The van der Waals surface area contributed by atoms with Crippen molar-refractivity contribution in [2.24, 2.45) is 0 Å². The number of rotatable bonds is 5. The molecule has 2 heterocycles. The van der Waals surface area contributed by atoms with Crippen LogP contribution in [0.2, 0.25) is 0 Å². The van der Waals surface area contributed by atoms with Gasteiger partial charge in [-0.25, -0.2) is 9.97 Å². The molecule has 31 heavy (non-hydrogen) atoms. The fourth-order valence-electron chi connectivity index (χ4n) is 2.91. The van der Waals surface area contributed by atoms with Crippen LogP contribution in [0.25, 0.3) is 5.95 Å². The monoisotopic (exact) mass is 421 g/mol. The Bertz CT molecular complexity index is 1050. The van der Waals surface area contributed by atoms with E-state index in [2.05, 4.69) is 68.0 Å². The molecule has 0 aliphatic carbocycles. The predicted octanol–water partition coefficient (Wildman–Crippen LogP) is 4.66. The molecule has 0 saturated carbocycles. The summed E-state index contributed by atoms with van der Waals surface area (Å²) in [4.78, 5) is 21.5. The average Bonchev–Trinajstić information content (AvgIpc) is 3.12. The van der Waals surface area contributed by atoms with Crippen LogP contribution in [-0.2, 0) is 15.6 Å². The molecule has 3 aromatic rings. The van der Waals surface area contributed by atoms with Gasteiger partial charge in [0.15, 0.2) is 6.10 Å². The minimum atomic E-state index is -0.701. The number of anilines is 1. The minimum Gasteiger partial charge on any atom is -0.481 e. The molecule has 0 bridgehead atoms. The number of nitrogens with one attached hydrogen (secondary N) is 1. The maximum atomic E-state index is 12.9. The highest BCUT2D eigenvalue weighted by Gasteiger charge is 2.24. The maximum absolute atomic E-state index is 12.9. The van der Waals surface area contributed by atoms with E-state index in [1.807, 2.05) is 24.3 Å². The quantitative estimate of drug-likeness (QED) is 0.648. The topological polar surface area (TPSA) is 81.9 Å². The Morgan fingerprint density at radius 1 is 1.00 bits per heavy atom. The number of hydrogen-bond donors (Lipinski definition) is 1. The van der Waals surface area contributed by atoms with E-state index in [9.17, 15) is 4.79 Å². The summed E-state index contributed by atoms with van der Waals surface area (Å²) in [7, 11) is 0. The minimum absolute atomic E-state index is 0.00356. The van der Waals surface area contributed by atoms with E-state index in [1.54, 1.807) is 30.1 Å². The molecule has 1 amide bonds. The molecule has 164 valence electrons. The van der Waals surface area contributed by atoms with Gasteiger partial charge in [0.25, 0.3) is 11.9 Å². The van der Waals surface area contributed by atoms with Crippen molar-refractivity contribution in [1.29, 1.82) is 0 Å². The summed E-state index contributed by atoms with van der Waals surface area (Å²) in [5.41, 5.74) is 1.76. The maximum Gasteiger partial charge on any atom is 0.266 e. The number of nitrogens with zero attached hydrogens (tertiary/aromatic N) is 4. The van der Waals surface area contributed by atoms with Crippen LogP contribution in [-0.4, -0.2) is 31.8 Å². The number of aromatic nitrogens is 4. The smallest absolute Gasteiger partial charge is 0.266 e. The molecule has 3 rings (SSSR count). The van der Waals surface area contributed by atoms with E-state index < -0.39 is 6.10 Å². The summed E-state index contributed by atoms with van der Waals surface area (Å²) in [5.74, 6) is 1.27. The average molecular weight is 422 g/mol. The number of ether oxygens (including phenoxy) is 1. The van der Waals surface area contributed by atoms with Gasteiger partial charge in [0.05, 0.1) is 5.69 Å². The molecule has 1 unspecified atom stereocenters. The standard InChI is InChI=1S/C24H31N5O2/c1-16(31-18-11-8-10-17(14-18)23(2,3)4)21(30)27-20-15-19(24(5,6)7)28-29(20)22-25-12-9-13-26-22/h8-16H,1-7H3,(H,27,30). The largest absolute Gasteiger partial charge is 0.481 e. The third kappa shape index (κ3) is 5.48. The van der Waals surface area contributed by atoms with Gasteiger partial charge >= 0.3 is 0 Å². The number of hydrogen-bond acceptors (Lipinski definition) is 5. The fraction of sp³-hybridized carbons (Fsp3) is 0.417. The lowest BCUT2D eigenvalue weighted by molar-refractivity contribution is -0.122. The summed E-state index contributed by atoms with van der Waals surface area (Å²) >= 11 is 0. The Morgan fingerprint density at radius 2 is 1.68 bits per heavy atom. The molecule has 7 nitrogen and oxygen atoms in total. The van der Waals surface area contributed by atoms with Crippen molar-refractivity contribution in [2.45, 2.75) is 65.4 Å². The normalized spacial score (nSPS) is 13.0. The summed E-state index contributed by atoms with van der Waals surface area (Å²) in [5, 5.41) is 7.55. The van der Waals surface area contributed by atoms with Crippen molar-refractivity contribution in [3.05, 3.63) is 60.0 Å². The van der Waals surface area contributed by atoms with Gasteiger partial charge in [0.1, 0.15) is 11.6 Å². The van der Waals surface area contributed by atoms with Gasteiger partial charge < -0.3 is 10.1 Å². The van der Waals surface area contributed by atoms with Crippen molar-refractivity contribution in [1.82, 2.24) is 19.7 Å². The second kappa shape index (κ2) is 8.49. The molecule has 2 aromatic heterocycles. The van der Waals surface area contributed by atoms with E-state index in [0.29, 0.717) is 17.5 Å². The lowest BCUT2D eigenvalue weighted by atomic mass is 9.87. The van der Waals surface area contributed by atoms with Gasteiger partial charge in [0.2, 0.25) is 0 Å². The van der Waals surface area contributed by atoms with E-state index in [4.69, 9.17) is 4.74 Å². The Morgan fingerprint density at radius 3 is 2.29 bits per heavy atom. The van der Waals surface area contributed by atoms with Crippen LogP contribution in [0.4, 0.5) is 5.82 Å². The summed E-state index contributed by atoms with van der Waals surface area (Å²) in [6.07, 6.45) is 2.58. The van der Waals surface area contributed by atoms with Crippen molar-refractivity contribution in [2.75, 3.05) is 5.32 Å². The van der Waals surface area contributed by atoms with Crippen molar-refractivity contribution in [3.63, 3.8) is 0 Å². The highest BCUT2D eigenvalue weighted by molar-refractivity contribution is 5.93. The Labute approximate surface area is 183 Å². The van der Waals surface area contributed by atoms with Crippen LogP contribution in [0, 0.1) is 0 Å². The highest BCUT2D eigenvalue weighted by Crippen LogP contribution is 2.27. The van der Waals surface area contributed by atoms with Crippen molar-refractivity contribution >= 4 is 11.7 Å². The second-order valence-electron chi connectivity index (χ2n) is 9.65. The molecular formula is C24H31N5O2. The second-order valence-corrected chi connectivity index (χ2v) is 9.65. The van der Waals surface area contributed by atoms with Crippen LogP contribution >= 0.6 is 0 Å². The first-order valence-electron chi connectivity index (χ1n) is 10.4. The van der Waals surface area contributed by atoms with Crippen molar-refractivity contribution in [3.8, 4) is 11.7 Å². The Kier molecular flexibility index (Phi) is 6.15. The van der Waals surface area contributed by atoms with Crippen LogP contribution in [0.3, 0.4) is 0 Å². The van der Waals surface area contributed by atoms with Crippen molar-refractivity contribution < 1.29 is 9.53 Å². The van der Waals surface area contributed by atoms with Crippen LogP contribution in [0.1, 0.15) is 59.7 Å². The van der Waals surface area contributed by atoms with E-state index in [0.717, 1.165) is 11.3 Å². The van der Waals surface area contributed by atoms with Crippen LogP contribution < -0.4 is 10.1 Å². The Balaban J connectivity index is 1.82. The molecule has 0 spiro atoms. The molecule has 1 N–H and O–H groups in total. The number of carbonyl (C=O) groups excluding carboxylic acids is 1. The molecule has 1 atom stereocenters. The van der Waals surface area contributed by atoms with Gasteiger partial charge in [-0.3, -0.25) is 4.79 Å². The van der Waals surface area contributed by atoms with E-state index in [-0.39, 0.29) is 16.7 Å². The van der Waals surface area contributed by atoms with Crippen LogP contribution in [0.5, 0.6) is 5.75 Å². The number of benzene rings is 1. The summed E-state index contributed by atoms with van der Waals surface area (Å²) < 4.78 is 7.48. The first kappa shape index (κ1) is 22.5. The molecule has 0 radical (unpaired) electrons. The Hall–Kier alpha value is -3.22. The highest BCUT2D eigenvalue weighted by atomic mass is 16.5. The first-order chi connectivity index (χ1) is 14.4. The fourth-order valence-corrected chi connectivity index (χ4v) is 2.91. The van der Waals surface area contributed by atoms with Gasteiger partial charge in [-0.1, -0.05) is 53.7 Å². The lowest BCUT2D eigenvalue weighted by Gasteiger charge is -2.21. The molecule has 0 aliphatic heterocycles. The lowest BCUT2D eigenvalue weighted by Crippen LogP contribution is -2.31. The zero-order valence-electron chi connectivity index (χ0n) is 19.3. The zero-order valence-corrected chi connectivity index (χ0v) is 19.3. The number of amides is 1. The molecule has 7 heteroatoms. The molecular weight excluding hydrogens is 390 g/mol. The van der Waals surface area contributed by atoms with Crippen LogP contribution in [0.15, 0.2) is 48.8 Å². The van der Waals surface area contributed by atoms with E-state index >= 15 is 0 Å². The van der Waals surface area contributed by atoms with Gasteiger partial charge in [-0.2, -0.15) is 9.78 Å². The molecule has 0 saturated heterocycles. The van der Waals surface area contributed by atoms with Gasteiger partial charge in [-0.05, 0) is 36.1 Å². The third-order valence-corrected chi connectivity index (χ3v) is 4.85. The molecule has 0 aliphatic rings. The van der Waals surface area contributed by atoms with Gasteiger partial charge in [-0.15, -0.1) is 0 Å².